The van der Waals surface area contributed by atoms with Crippen LogP contribution in [0.2, 0.25) is 0 Å². The molecule has 1 atom stereocenters. The normalized spacial score (nSPS) is 19.8. The van der Waals surface area contributed by atoms with Crippen molar-refractivity contribution in [3.63, 3.8) is 0 Å². The van der Waals surface area contributed by atoms with Gasteiger partial charge in [0.1, 0.15) is 17.4 Å². The van der Waals surface area contributed by atoms with Crippen LogP contribution in [0.5, 0.6) is 0 Å². The first-order valence-electron chi connectivity index (χ1n) is 8.53. The number of hydrogen-bond acceptors (Lipinski definition) is 5. The van der Waals surface area contributed by atoms with Crippen molar-refractivity contribution < 1.29 is 9.53 Å². The zero-order valence-electron chi connectivity index (χ0n) is 14.4. The molecular weight excluding hydrogens is 328 g/mol. The molecule has 0 fully saturated rings. The average Bonchev–Trinajstić information content (AvgIpc) is 3.03. The van der Waals surface area contributed by atoms with Crippen molar-refractivity contribution >= 4 is 5.78 Å². The second-order valence-corrected chi connectivity index (χ2v) is 6.48. The lowest BCUT2D eigenvalue weighted by atomic mass is 9.79. The van der Waals surface area contributed by atoms with Crippen LogP contribution < -0.4 is 5.73 Å². The molecule has 2 N–H and O–H groups in total. The predicted octanol–water partition coefficient (Wildman–Crippen LogP) is 2.90. The van der Waals surface area contributed by atoms with Crippen molar-refractivity contribution in [2.45, 2.75) is 25.2 Å². The van der Waals surface area contributed by atoms with Gasteiger partial charge in [-0.1, -0.05) is 30.3 Å². The van der Waals surface area contributed by atoms with Gasteiger partial charge in [0.2, 0.25) is 5.88 Å². The van der Waals surface area contributed by atoms with E-state index >= 15 is 0 Å². The predicted molar refractivity (Wildman–Crippen MR) is 95.2 cm³/mol. The van der Waals surface area contributed by atoms with E-state index in [0.717, 1.165) is 17.7 Å². The summed E-state index contributed by atoms with van der Waals surface area (Å²) < 4.78 is 7.36. The van der Waals surface area contributed by atoms with E-state index in [-0.39, 0.29) is 17.2 Å². The number of benzene rings is 1. The van der Waals surface area contributed by atoms with Gasteiger partial charge in [-0.25, -0.2) is 0 Å². The van der Waals surface area contributed by atoms with Crippen LogP contribution in [0.4, 0.5) is 0 Å². The fourth-order valence-electron chi connectivity index (χ4n) is 3.66. The molecule has 2 aromatic rings. The fraction of sp³-hybridized carbons (Fsp3) is 0.250. The van der Waals surface area contributed by atoms with Crippen molar-refractivity contribution in [1.82, 2.24) is 9.78 Å². The lowest BCUT2D eigenvalue weighted by Crippen LogP contribution is -2.27. The summed E-state index contributed by atoms with van der Waals surface area (Å²) in [7, 11) is 1.85. The number of allylic oxidation sites excluding steroid dienone is 3. The first kappa shape index (κ1) is 16.2. The van der Waals surface area contributed by atoms with Crippen molar-refractivity contribution in [2.75, 3.05) is 0 Å². The molecule has 4 rings (SSSR count). The van der Waals surface area contributed by atoms with Gasteiger partial charge >= 0.3 is 0 Å². The Morgan fingerprint density at radius 1 is 1.31 bits per heavy atom. The Kier molecular flexibility index (Phi) is 3.85. The van der Waals surface area contributed by atoms with Crippen LogP contribution in [0, 0.1) is 11.3 Å². The van der Waals surface area contributed by atoms with E-state index in [1.807, 2.05) is 43.4 Å². The molecule has 0 radical (unpaired) electrons. The lowest BCUT2D eigenvalue weighted by Gasteiger charge is -2.29. The molecule has 0 spiro atoms. The monoisotopic (exact) mass is 346 g/mol. The summed E-state index contributed by atoms with van der Waals surface area (Å²) in [5, 5.41) is 14.2. The number of carbonyl (C=O) groups is 1. The first-order chi connectivity index (χ1) is 12.6. The van der Waals surface area contributed by atoms with Crippen LogP contribution in [0.15, 0.2) is 59.2 Å². The van der Waals surface area contributed by atoms with E-state index in [9.17, 15) is 10.1 Å². The zero-order valence-corrected chi connectivity index (χ0v) is 14.4. The SMILES string of the molecule is Cn1nc([C@H]2C(C#N)=C(N)OC3=C2C(=O)CCC3)cc1-c1ccccc1. The number of ketones is 1. The number of hydrogen-bond donors (Lipinski definition) is 1. The van der Waals surface area contributed by atoms with E-state index in [1.54, 1.807) is 4.68 Å². The minimum absolute atomic E-state index is 0.00316. The molecule has 0 amide bonds. The molecule has 0 unspecified atom stereocenters. The molecule has 6 heteroatoms. The summed E-state index contributed by atoms with van der Waals surface area (Å²) in [5.74, 6) is 0.0798. The van der Waals surface area contributed by atoms with Crippen molar-refractivity contribution in [2.24, 2.45) is 12.8 Å². The molecule has 1 aliphatic carbocycles. The lowest BCUT2D eigenvalue weighted by molar-refractivity contribution is -0.116. The zero-order chi connectivity index (χ0) is 18.3. The van der Waals surface area contributed by atoms with Gasteiger partial charge in [0.25, 0.3) is 0 Å². The van der Waals surface area contributed by atoms with E-state index in [4.69, 9.17) is 10.5 Å². The number of Topliss-reactive ketones (excluding diaryl/α,β-unsaturated/α-hetero) is 1. The van der Waals surface area contributed by atoms with Crippen molar-refractivity contribution in [3.05, 3.63) is 64.9 Å². The minimum Gasteiger partial charge on any atom is -0.444 e. The van der Waals surface area contributed by atoms with E-state index in [2.05, 4.69) is 11.2 Å². The summed E-state index contributed by atoms with van der Waals surface area (Å²) >= 11 is 0. The van der Waals surface area contributed by atoms with Crippen LogP contribution in [-0.2, 0) is 16.6 Å². The van der Waals surface area contributed by atoms with E-state index < -0.39 is 5.92 Å². The molecule has 1 aliphatic heterocycles. The van der Waals surface area contributed by atoms with Crippen LogP contribution >= 0.6 is 0 Å². The summed E-state index contributed by atoms with van der Waals surface area (Å²) in [6.07, 6.45) is 1.84. The maximum atomic E-state index is 12.6. The highest BCUT2D eigenvalue weighted by atomic mass is 16.5. The smallest absolute Gasteiger partial charge is 0.205 e. The second-order valence-electron chi connectivity index (χ2n) is 6.48. The van der Waals surface area contributed by atoms with E-state index in [0.29, 0.717) is 29.9 Å². The number of nitrogens with zero attached hydrogens (tertiary/aromatic N) is 3. The Labute approximate surface area is 151 Å². The highest BCUT2D eigenvalue weighted by Crippen LogP contribution is 2.43. The standard InChI is InChI=1S/C20H18N4O2/c1-24-15(12-6-3-2-4-7-12)10-14(23-24)18-13(11-21)20(22)26-17-9-5-8-16(25)19(17)18/h2-4,6-7,10,18H,5,8-9,22H2,1H3/t18-/m1/s1. The Morgan fingerprint density at radius 3 is 2.81 bits per heavy atom. The molecule has 130 valence electrons. The topological polar surface area (TPSA) is 93.9 Å². The van der Waals surface area contributed by atoms with Crippen LogP contribution in [0.1, 0.15) is 30.9 Å². The quantitative estimate of drug-likeness (QED) is 0.902. The van der Waals surface area contributed by atoms with Gasteiger partial charge in [0.05, 0.1) is 17.3 Å². The maximum absolute atomic E-state index is 12.6. The van der Waals surface area contributed by atoms with Crippen molar-refractivity contribution in [1.29, 1.82) is 5.26 Å². The third-order valence-corrected chi connectivity index (χ3v) is 4.87. The van der Waals surface area contributed by atoms with Crippen LogP contribution in [0.3, 0.4) is 0 Å². The third kappa shape index (κ3) is 2.49. The number of aromatic nitrogens is 2. The van der Waals surface area contributed by atoms with Gasteiger partial charge in [0.15, 0.2) is 5.78 Å². The number of nitrogens with two attached hydrogens (primary N) is 1. The maximum Gasteiger partial charge on any atom is 0.205 e. The van der Waals surface area contributed by atoms with Gasteiger partial charge in [-0.2, -0.15) is 10.4 Å². The molecular formula is C20H18N4O2. The highest BCUT2D eigenvalue weighted by Gasteiger charge is 2.39. The third-order valence-electron chi connectivity index (χ3n) is 4.87. The van der Waals surface area contributed by atoms with Gasteiger partial charge in [-0.15, -0.1) is 0 Å². The second kappa shape index (κ2) is 6.19. The molecule has 1 aromatic carbocycles. The Bertz CT molecular complexity index is 993. The highest BCUT2D eigenvalue weighted by molar-refractivity contribution is 5.99. The van der Waals surface area contributed by atoms with Crippen LogP contribution in [0.25, 0.3) is 11.3 Å². The molecule has 6 nitrogen and oxygen atoms in total. The van der Waals surface area contributed by atoms with Crippen molar-refractivity contribution in [3.8, 4) is 17.3 Å². The summed E-state index contributed by atoms with van der Waals surface area (Å²) in [6.45, 7) is 0. The summed E-state index contributed by atoms with van der Waals surface area (Å²) in [4.78, 5) is 12.6. The Morgan fingerprint density at radius 2 is 2.08 bits per heavy atom. The number of aryl methyl sites for hydroxylation is 1. The summed E-state index contributed by atoms with van der Waals surface area (Å²) in [6, 6.07) is 13.9. The number of nitriles is 1. The van der Waals surface area contributed by atoms with Gasteiger partial charge < -0.3 is 10.5 Å². The molecule has 2 aliphatic rings. The Balaban J connectivity index is 1.87. The molecule has 0 saturated heterocycles. The number of carbonyl (C=O) groups excluding carboxylic acids is 1. The fourth-order valence-corrected chi connectivity index (χ4v) is 3.66. The van der Waals surface area contributed by atoms with Gasteiger partial charge in [0, 0.05) is 25.5 Å². The molecule has 26 heavy (non-hydrogen) atoms. The summed E-state index contributed by atoms with van der Waals surface area (Å²) in [5.41, 5.74) is 9.32. The first-order valence-corrected chi connectivity index (χ1v) is 8.53. The number of ether oxygens (including phenoxy) is 1. The molecule has 2 heterocycles. The van der Waals surface area contributed by atoms with Crippen LogP contribution in [-0.4, -0.2) is 15.6 Å². The average molecular weight is 346 g/mol. The molecule has 1 aromatic heterocycles. The van der Waals surface area contributed by atoms with Gasteiger partial charge in [-0.05, 0) is 18.1 Å². The largest absolute Gasteiger partial charge is 0.444 e. The molecule has 0 saturated carbocycles. The molecule has 0 bridgehead atoms. The number of rotatable bonds is 2. The Hall–Kier alpha value is -3.33. The van der Waals surface area contributed by atoms with Gasteiger partial charge in [-0.3, -0.25) is 9.48 Å². The van der Waals surface area contributed by atoms with E-state index in [1.165, 1.54) is 0 Å². The minimum atomic E-state index is -0.569.